The number of aliphatic imine (C=N–C) groups is 1. The Morgan fingerprint density at radius 2 is 1.96 bits per heavy atom. The fraction of sp³-hybridized carbons (Fsp3) is 0.545. The van der Waals surface area contributed by atoms with E-state index in [9.17, 15) is 0 Å². The van der Waals surface area contributed by atoms with Crippen LogP contribution in [-0.2, 0) is 17.8 Å². The van der Waals surface area contributed by atoms with Crippen LogP contribution < -0.4 is 10.6 Å². The Kier molecular flexibility index (Phi) is 9.55. The first-order chi connectivity index (χ1) is 13.6. The number of ether oxygens (including phenoxy) is 1. The molecule has 1 unspecified atom stereocenters. The first-order valence-electron chi connectivity index (χ1n) is 10.3. The second kappa shape index (κ2) is 12.2. The maximum atomic E-state index is 5.82. The second-order valence-corrected chi connectivity index (χ2v) is 7.11. The third-order valence-electron chi connectivity index (χ3n) is 4.57. The molecule has 28 heavy (non-hydrogen) atoms. The normalized spacial score (nSPS) is 13.0. The van der Waals surface area contributed by atoms with Gasteiger partial charge in [0.25, 0.3) is 0 Å². The van der Waals surface area contributed by atoms with Crippen molar-refractivity contribution < 1.29 is 4.74 Å². The largest absolute Gasteiger partial charge is 0.378 e. The number of nitrogens with zero attached hydrogens (tertiary/aromatic N) is 3. The molecule has 0 aliphatic carbocycles. The van der Waals surface area contributed by atoms with E-state index in [-0.39, 0.29) is 6.10 Å². The van der Waals surface area contributed by atoms with Gasteiger partial charge in [-0.2, -0.15) is 0 Å². The molecule has 154 valence electrons. The topological polar surface area (TPSA) is 63.5 Å². The molecule has 1 heterocycles. The van der Waals surface area contributed by atoms with Crippen LogP contribution in [0.5, 0.6) is 0 Å². The monoisotopic (exact) mass is 385 g/mol. The summed E-state index contributed by atoms with van der Waals surface area (Å²) < 4.78 is 7.97. The van der Waals surface area contributed by atoms with Crippen molar-refractivity contribution in [2.24, 2.45) is 10.9 Å². The van der Waals surface area contributed by atoms with Crippen LogP contribution in [0.25, 0.3) is 0 Å². The zero-order chi connectivity index (χ0) is 20.2. The molecule has 0 spiro atoms. The average Bonchev–Trinajstić information content (AvgIpc) is 3.13. The molecule has 1 aromatic carbocycles. The van der Waals surface area contributed by atoms with Crippen LogP contribution in [0.2, 0.25) is 0 Å². The highest BCUT2D eigenvalue weighted by molar-refractivity contribution is 5.79. The van der Waals surface area contributed by atoms with E-state index in [1.165, 1.54) is 5.56 Å². The van der Waals surface area contributed by atoms with Crippen molar-refractivity contribution in [2.45, 2.75) is 53.3 Å². The van der Waals surface area contributed by atoms with Gasteiger partial charge in [0.2, 0.25) is 0 Å². The van der Waals surface area contributed by atoms with Crippen molar-refractivity contribution in [1.82, 2.24) is 20.2 Å². The molecule has 0 aliphatic heterocycles. The van der Waals surface area contributed by atoms with E-state index in [0.717, 1.165) is 44.4 Å². The molecule has 0 saturated carbocycles. The zero-order valence-corrected chi connectivity index (χ0v) is 17.7. The van der Waals surface area contributed by atoms with Crippen LogP contribution >= 0.6 is 0 Å². The fourth-order valence-electron chi connectivity index (χ4n) is 3.06. The SMILES string of the molecule is CCNC(=NCc1nccn1Cc1ccccc1)NCCC(OCC)C(C)C. The lowest BCUT2D eigenvalue weighted by molar-refractivity contribution is 0.0258. The Morgan fingerprint density at radius 1 is 1.18 bits per heavy atom. The number of hydrogen-bond acceptors (Lipinski definition) is 3. The number of rotatable bonds is 11. The minimum atomic E-state index is 0.269. The minimum Gasteiger partial charge on any atom is -0.378 e. The molecule has 0 fully saturated rings. The summed E-state index contributed by atoms with van der Waals surface area (Å²) in [6.45, 7) is 12.3. The Hall–Kier alpha value is -2.34. The number of nitrogens with one attached hydrogen (secondary N) is 2. The van der Waals surface area contributed by atoms with E-state index in [4.69, 9.17) is 9.73 Å². The zero-order valence-electron chi connectivity index (χ0n) is 17.7. The smallest absolute Gasteiger partial charge is 0.191 e. The van der Waals surface area contributed by atoms with E-state index < -0.39 is 0 Å². The Labute approximate surface area is 169 Å². The molecule has 1 aromatic heterocycles. The summed E-state index contributed by atoms with van der Waals surface area (Å²) in [7, 11) is 0. The molecular formula is C22H35N5O. The quantitative estimate of drug-likeness (QED) is 0.459. The molecule has 0 bridgehead atoms. The van der Waals surface area contributed by atoms with Crippen molar-refractivity contribution in [3.8, 4) is 0 Å². The number of benzene rings is 1. The number of guanidine groups is 1. The van der Waals surface area contributed by atoms with Gasteiger partial charge in [-0.3, -0.25) is 0 Å². The van der Waals surface area contributed by atoms with E-state index >= 15 is 0 Å². The molecule has 6 heteroatoms. The van der Waals surface area contributed by atoms with Crippen molar-refractivity contribution in [2.75, 3.05) is 19.7 Å². The highest BCUT2D eigenvalue weighted by Crippen LogP contribution is 2.10. The molecule has 0 amide bonds. The highest BCUT2D eigenvalue weighted by Gasteiger charge is 2.13. The lowest BCUT2D eigenvalue weighted by atomic mass is 10.0. The van der Waals surface area contributed by atoms with Crippen LogP contribution in [0.4, 0.5) is 0 Å². The van der Waals surface area contributed by atoms with Crippen LogP contribution in [0.15, 0.2) is 47.7 Å². The van der Waals surface area contributed by atoms with Gasteiger partial charge in [-0.25, -0.2) is 9.98 Å². The predicted molar refractivity (Wildman–Crippen MR) is 115 cm³/mol. The standard InChI is InChI=1S/C22H35N5O/c1-5-23-22(25-13-12-20(18(3)4)28-6-2)26-16-21-24-14-15-27(21)17-19-10-8-7-9-11-19/h7-11,14-15,18,20H,5-6,12-13,16-17H2,1-4H3,(H2,23,25,26). The maximum Gasteiger partial charge on any atom is 0.191 e. The third-order valence-corrected chi connectivity index (χ3v) is 4.57. The highest BCUT2D eigenvalue weighted by atomic mass is 16.5. The van der Waals surface area contributed by atoms with Crippen LogP contribution in [0.1, 0.15) is 45.5 Å². The number of hydrogen-bond donors (Lipinski definition) is 2. The first kappa shape index (κ1) is 22.0. The van der Waals surface area contributed by atoms with Gasteiger partial charge in [0.1, 0.15) is 12.4 Å². The molecule has 2 aromatic rings. The van der Waals surface area contributed by atoms with Gasteiger partial charge < -0.3 is 19.9 Å². The lowest BCUT2D eigenvalue weighted by Crippen LogP contribution is -2.39. The van der Waals surface area contributed by atoms with Gasteiger partial charge in [0.05, 0.1) is 6.10 Å². The van der Waals surface area contributed by atoms with Crippen molar-refractivity contribution in [1.29, 1.82) is 0 Å². The summed E-state index contributed by atoms with van der Waals surface area (Å²) in [6, 6.07) is 10.4. The van der Waals surface area contributed by atoms with Gasteiger partial charge in [-0.05, 0) is 31.7 Å². The number of imidazole rings is 1. The van der Waals surface area contributed by atoms with Gasteiger partial charge in [-0.1, -0.05) is 44.2 Å². The summed E-state index contributed by atoms with van der Waals surface area (Å²) in [4.78, 5) is 9.20. The van der Waals surface area contributed by atoms with Crippen molar-refractivity contribution in [3.05, 3.63) is 54.1 Å². The summed E-state index contributed by atoms with van der Waals surface area (Å²) in [6.07, 6.45) is 5.07. The van der Waals surface area contributed by atoms with Gasteiger partial charge >= 0.3 is 0 Å². The third kappa shape index (κ3) is 7.35. The van der Waals surface area contributed by atoms with E-state index in [1.807, 2.05) is 25.4 Å². The molecule has 2 N–H and O–H groups in total. The molecule has 0 aliphatic rings. The summed E-state index contributed by atoms with van der Waals surface area (Å²) in [5, 5.41) is 6.73. The first-order valence-corrected chi connectivity index (χ1v) is 10.3. The Morgan fingerprint density at radius 3 is 2.64 bits per heavy atom. The average molecular weight is 386 g/mol. The summed E-state index contributed by atoms with van der Waals surface area (Å²) >= 11 is 0. The molecular weight excluding hydrogens is 350 g/mol. The molecule has 6 nitrogen and oxygen atoms in total. The van der Waals surface area contributed by atoms with Crippen LogP contribution in [-0.4, -0.2) is 41.3 Å². The number of aromatic nitrogens is 2. The molecule has 2 rings (SSSR count). The molecule has 0 radical (unpaired) electrons. The van der Waals surface area contributed by atoms with E-state index in [0.29, 0.717) is 12.5 Å². The van der Waals surface area contributed by atoms with Crippen LogP contribution in [0, 0.1) is 5.92 Å². The second-order valence-electron chi connectivity index (χ2n) is 7.11. The Balaban J connectivity index is 1.93. The summed E-state index contributed by atoms with van der Waals surface area (Å²) in [5.74, 6) is 2.28. The van der Waals surface area contributed by atoms with Gasteiger partial charge in [0, 0.05) is 38.6 Å². The maximum absolute atomic E-state index is 5.82. The van der Waals surface area contributed by atoms with Crippen LogP contribution in [0.3, 0.4) is 0 Å². The summed E-state index contributed by atoms with van der Waals surface area (Å²) in [5.41, 5.74) is 1.26. The van der Waals surface area contributed by atoms with Crippen molar-refractivity contribution >= 4 is 5.96 Å². The minimum absolute atomic E-state index is 0.269. The predicted octanol–water partition coefficient (Wildman–Crippen LogP) is 3.44. The molecule has 1 atom stereocenters. The lowest BCUT2D eigenvalue weighted by Gasteiger charge is -2.21. The molecule has 0 saturated heterocycles. The fourth-order valence-corrected chi connectivity index (χ4v) is 3.06. The van der Waals surface area contributed by atoms with Gasteiger partial charge in [-0.15, -0.1) is 0 Å². The van der Waals surface area contributed by atoms with Gasteiger partial charge in [0.15, 0.2) is 5.96 Å². The van der Waals surface area contributed by atoms with E-state index in [1.54, 1.807) is 0 Å². The Bertz CT molecular complexity index is 696. The van der Waals surface area contributed by atoms with Crippen molar-refractivity contribution in [3.63, 3.8) is 0 Å². The van der Waals surface area contributed by atoms with E-state index in [2.05, 4.69) is 65.2 Å².